The number of hydrogen-bond acceptors (Lipinski definition) is 4. The van der Waals surface area contributed by atoms with Crippen LogP contribution in [0.3, 0.4) is 0 Å². The molecular formula is C10H17N3OS. The van der Waals surface area contributed by atoms with Crippen LogP contribution in [0.15, 0.2) is 0 Å². The topological polar surface area (TPSA) is 54.9 Å². The van der Waals surface area contributed by atoms with Crippen molar-refractivity contribution < 1.29 is 4.79 Å². The van der Waals surface area contributed by atoms with Crippen molar-refractivity contribution >= 4 is 22.4 Å². The average molecular weight is 227 g/mol. The van der Waals surface area contributed by atoms with Gasteiger partial charge in [-0.3, -0.25) is 4.79 Å². The Kier molecular flexibility index (Phi) is 4.68. The van der Waals surface area contributed by atoms with Crippen molar-refractivity contribution in [1.82, 2.24) is 10.2 Å². The van der Waals surface area contributed by atoms with Gasteiger partial charge in [0.15, 0.2) is 0 Å². The minimum atomic E-state index is 0.0183. The van der Waals surface area contributed by atoms with E-state index in [4.69, 9.17) is 0 Å². The number of aromatic nitrogens is 2. The van der Waals surface area contributed by atoms with Crippen molar-refractivity contribution in [2.24, 2.45) is 5.92 Å². The summed E-state index contributed by atoms with van der Waals surface area (Å²) in [6.45, 7) is 6.25. The highest BCUT2D eigenvalue weighted by Crippen LogP contribution is 2.18. The molecule has 0 saturated carbocycles. The molecule has 15 heavy (non-hydrogen) atoms. The second-order valence-corrected chi connectivity index (χ2v) is 4.96. The minimum Gasteiger partial charge on any atom is -0.301 e. The highest BCUT2D eigenvalue weighted by atomic mass is 32.1. The van der Waals surface area contributed by atoms with Crippen LogP contribution in [0.25, 0.3) is 0 Å². The van der Waals surface area contributed by atoms with E-state index in [0.29, 0.717) is 17.5 Å². The Balaban J connectivity index is 2.49. The quantitative estimate of drug-likeness (QED) is 0.840. The molecule has 0 radical (unpaired) electrons. The predicted molar refractivity (Wildman–Crippen MR) is 62.0 cm³/mol. The first kappa shape index (κ1) is 12.1. The van der Waals surface area contributed by atoms with Gasteiger partial charge in [-0.05, 0) is 12.3 Å². The van der Waals surface area contributed by atoms with Gasteiger partial charge in [-0.1, -0.05) is 32.1 Å². The van der Waals surface area contributed by atoms with Crippen LogP contribution < -0.4 is 5.32 Å². The van der Waals surface area contributed by atoms with Gasteiger partial charge in [-0.2, -0.15) is 0 Å². The van der Waals surface area contributed by atoms with E-state index < -0.39 is 0 Å². The average Bonchev–Trinajstić information content (AvgIpc) is 2.51. The molecule has 1 N–H and O–H groups in total. The maximum absolute atomic E-state index is 11.3. The predicted octanol–water partition coefficient (Wildman–Crippen LogP) is 2.48. The number of carbonyl (C=O) groups excluding carboxylic acids is 1. The van der Waals surface area contributed by atoms with Crippen LogP contribution in [0, 0.1) is 5.92 Å². The number of nitrogens with zero attached hydrogens (tertiary/aromatic N) is 2. The van der Waals surface area contributed by atoms with Crippen molar-refractivity contribution in [1.29, 1.82) is 0 Å². The van der Waals surface area contributed by atoms with E-state index in [9.17, 15) is 4.79 Å². The van der Waals surface area contributed by atoms with Crippen LogP contribution in [0.5, 0.6) is 0 Å². The molecule has 0 atom stereocenters. The lowest BCUT2D eigenvalue weighted by Gasteiger charge is -1.98. The van der Waals surface area contributed by atoms with Crippen LogP contribution in [0.4, 0.5) is 5.13 Å². The van der Waals surface area contributed by atoms with Gasteiger partial charge in [0.1, 0.15) is 5.01 Å². The Morgan fingerprint density at radius 3 is 2.80 bits per heavy atom. The van der Waals surface area contributed by atoms with E-state index in [1.807, 2.05) is 6.92 Å². The Hall–Kier alpha value is -0.970. The van der Waals surface area contributed by atoms with E-state index in [0.717, 1.165) is 17.8 Å². The highest BCUT2D eigenvalue weighted by Gasteiger charge is 2.08. The van der Waals surface area contributed by atoms with Crippen molar-refractivity contribution in [2.75, 3.05) is 5.32 Å². The first-order valence-corrected chi connectivity index (χ1v) is 6.05. The lowest BCUT2D eigenvalue weighted by molar-refractivity contribution is -0.116. The highest BCUT2D eigenvalue weighted by molar-refractivity contribution is 7.15. The Bertz CT molecular complexity index is 322. The molecule has 1 amide bonds. The van der Waals surface area contributed by atoms with Gasteiger partial charge in [-0.15, -0.1) is 10.2 Å². The Morgan fingerprint density at radius 2 is 2.20 bits per heavy atom. The molecule has 0 fully saturated rings. The zero-order valence-corrected chi connectivity index (χ0v) is 10.2. The van der Waals surface area contributed by atoms with Crippen LogP contribution in [0.1, 0.15) is 38.6 Å². The largest absolute Gasteiger partial charge is 0.301 e. The van der Waals surface area contributed by atoms with E-state index >= 15 is 0 Å². The maximum atomic E-state index is 11.3. The van der Waals surface area contributed by atoms with Crippen molar-refractivity contribution in [2.45, 2.75) is 40.0 Å². The Labute approximate surface area is 94.1 Å². The van der Waals surface area contributed by atoms with Gasteiger partial charge in [0, 0.05) is 12.8 Å². The molecule has 0 spiro atoms. The number of rotatable bonds is 5. The summed E-state index contributed by atoms with van der Waals surface area (Å²) < 4.78 is 0. The third kappa shape index (κ3) is 4.38. The minimum absolute atomic E-state index is 0.0183. The second kappa shape index (κ2) is 5.80. The molecule has 5 heteroatoms. The van der Waals surface area contributed by atoms with Crippen LogP contribution in [-0.2, 0) is 11.2 Å². The van der Waals surface area contributed by atoms with Gasteiger partial charge in [0.2, 0.25) is 11.0 Å². The number of carbonyl (C=O) groups is 1. The molecule has 1 aromatic heterocycles. The number of hydrogen-bond donors (Lipinski definition) is 1. The van der Waals surface area contributed by atoms with Gasteiger partial charge < -0.3 is 5.32 Å². The zero-order valence-electron chi connectivity index (χ0n) is 9.41. The monoisotopic (exact) mass is 227 g/mol. The Morgan fingerprint density at radius 1 is 1.47 bits per heavy atom. The van der Waals surface area contributed by atoms with Crippen molar-refractivity contribution in [3.63, 3.8) is 0 Å². The van der Waals surface area contributed by atoms with Gasteiger partial charge in [-0.25, -0.2) is 0 Å². The number of anilines is 1. The van der Waals surface area contributed by atoms with Crippen molar-refractivity contribution in [3.8, 4) is 0 Å². The van der Waals surface area contributed by atoms with E-state index in [2.05, 4.69) is 29.4 Å². The van der Waals surface area contributed by atoms with Gasteiger partial charge in [0.05, 0.1) is 0 Å². The van der Waals surface area contributed by atoms with Crippen LogP contribution >= 0.6 is 11.3 Å². The zero-order chi connectivity index (χ0) is 11.3. The second-order valence-electron chi connectivity index (χ2n) is 3.90. The molecule has 0 unspecified atom stereocenters. The fourth-order valence-electron chi connectivity index (χ4n) is 1.14. The first-order valence-electron chi connectivity index (χ1n) is 5.24. The molecule has 0 aliphatic carbocycles. The summed E-state index contributed by atoms with van der Waals surface area (Å²) in [6.07, 6.45) is 2.31. The first-order chi connectivity index (χ1) is 7.11. The van der Waals surface area contributed by atoms with Gasteiger partial charge >= 0.3 is 0 Å². The normalized spacial score (nSPS) is 10.7. The maximum Gasteiger partial charge on any atom is 0.226 e. The smallest absolute Gasteiger partial charge is 0.226 e. The molecule has 1 rings (SSSR count). The summed E-state index contributed by atoms with van der Waals surface area (Å²) in [5.41, 5.74) is 0. The molecule has 0 bridgehead atoms. The van der Waals surface area contributed by atoms with Crippen molar-refractivity contribution in [3.05, 3.63) is 5.01 Å². The number of amides is 1. The molecule has 1 heterocycles. The molecule has 0 aliphatic heterocycles. The molecule has 84 valence electrons. The molecule has 4 nitrogen and oxygen atoms in total. The van der Waals surface area contributed by atoms with E-state index in [1.54, 1.807) is 0 Å². The standard InChI is InChI=1S/C10H17N3OS/c1-4-5-8(14)11-10-13-12-9(15-10)6-7(2)3/h7H,4-6H2,1-3H3,(H,11,13,14). The molecule has 0 aliphatic rings. The van der Waals surface area contributed by atoms with E-state index in [-0.39, 0.29) is 5.91 Å². The van der Waals surface area contributed by atoms with Crippen LogP contribution in [-0.4, -0.2) is 16.1 Å². The molecular weight excluding hydrogens is 210 g/mol. The van der Waals surface area contributed by atoms with Gasteiger partial charge in [0.25, 0.3) is 0 Å². The summed E-state index contributed by atoms with van der Waals surface area (Å²) in [6, 6.07) is 0. The molecule has 1 aromatic rings. The van der Waals surface area contributed by atoms with E-state index in [1.165, 1.54) is 11.3 Å². The fraction of sp³-hybridized carbons (Fsp3) is 0.700. The lowest BCUT2D eigenvalue weighted by atomic mass is 10.1. The summed E-state index contributed by atoms with van der Waals surface area (Å²) in [4.78, 5) is 11.3. The number of nitrogens with one attached hydrogen (secondary N) is 1. The summed E-state index contributed by atoms with van der Waals surface area (Å²) in [5, 5.41) is 12.3. The lowest BCUT2D eigenvalue weighted by Crippen LogP contribution is -2.10. The van der Waals surface area contributed by atoms with Crippen LogP contribution in [0.2, 0.25) is 0 Å². The molecule has 0 aromatic carbocycles. The summed E-state index contributed by atoms with van der Waals surface area (Å²) in [5.74, 6) is 0.585. The SMILES string of the molecule is CCCC(=O)Nc1nnc(CC(C)C)s1. The summed E-state index contributed by atoms with van der Waals surface area (Å²) >= 11 is 1.46. The fourth-order valence-corrected chi connectivity index (χ4v) is 2.11. The third-order valence-electron chi connectivity index (χ3n) is 1.77. The molecule has 0 saturated heterocycles. The third-order valence-corrected chi connectivity index (χ3v) is 2.63. The summed E-state index contributed by atoms with van der Waals surface area (Å²) in [7, 11) is 0.